The molecule has 5 heteroatoms. The van der Waals surface area contributed by atoms with E-state index >= 15 is 0 Å². The van der Waals surface area contributed by atoms with Gasteiger partial charge in [0.05, 0.1) is 6.54 Å². The molecule has 1 aromatic heterocycles. The monoisotopic (exact) mass is 244 g/mol. The number of para-hydroxylation sites is 1. The molecule has 1 amide bonds. The van der Waals surface area contributed by atoms with Crippen molar-refractivity contribution in [2.24, 2.45) is 0 Å². The van der Waals surface area contributed by atoms with Crippen molar-refractivity contribution in [1.82, 2.24) is 10.3 Å². The van der Waals surface area contributed by atoms with Gasteiger partial charge in [0.15, 0.2) is 6.10 Å². The van der Waals surface area contributed by atoms with Gasteiger partial charge in [-0.25, -0.2) is 4.79 Å². The van der Waals surface area contributed by atoms with E-state index in [4.69, 9.17) is 9.47 Å². The highest BCUT2D eigenvalue weighted by molar-refractivity contribution is 5.84. The molecular formula is C13H12N2O3. The molecule has 18 heavy (non-hydrogen) atoms. The number of hydrogen-bond donors (Lipinski definition) is 1. The number of amides is 1. The lowest BCUT2D eigenvalue weighted by molar-refractivity contribution is 0.105. The molecule has 1 aromatic carbocycles. The maximum atomic E-state index is 10.9. The van der Waals surface area contributed by atoms with Crippen molar-refractivity contribution in [3.63, 3.8) is 0 Å². The third-order valence-electron chi connectivity index (χ3n) is 2.77. The number of pyridine rings is 1. The molecule has 1 saturated heterocycles. The zero-order chi connectivity index (χ0) is 12.4. The Hall–Kier alpha value is -2.30. The predicted molar refractivity (Wildman–Crippen MR) is 65.5 cm³/mol. The Labute approximate surface area is 104 Å². The van der Waals surface area contributed by atoms with Gasteiger partial charge in [0, 0.05) is 11.6 Å². The molecule has 1 fully saturated rings. The van der Waals surface area contributed by atoms with Gasteiger partial charge in [0.1, 0.15) is 17.9 Å². The quantitative estimate of drug-likeness (QED) is 0.893. The molecule has 0 radical (unpaired) electrons. The number of nitrogens with zero attached hydrogens (tertiary/aromatic N) is 1. The Bertz CT molecular complexity index is 580. The lowest BCUT2D eigenvalue weighted by Crippen LogP contribution is -2.22. The van der Waals surface area contributed by atoms with Crippen molar-refractivity contribution < 1.29 is 14.3 Å². The van der Waals surface area contributed by atoms with Gasteiger partial charge < -0.3 is 14.8 Å². The van der Waals surface area contributed by atoms with Gasteiger partial charge in [-0.1, -0.05) is 18.2 Å². The molecule has 0 saturated carbocycles. The largest absolute Gasteiger partial charge is 0.487 e. The van der Waals surface area contributed by atoms with Gasteiger partial charge >= 0.3 is 6.09 Å². The Morgan fingerprint density at radius 2 is 2.28 bits per heavy atom. The van der Waals surface area contributed by atoms with Gasteiger partial charge in [0.25, 0.3) is 0 Å². The van der Waals surface area contributed by atoms with Crippen LogP contribution in [-0.4, -0.2) is 30.3 Å². The van der Waals surface area contributed by atoms with Gasteiger partial charge in [-0.3, -0.25) is 4.98 Å². The summed E-state index contributed by atoms with van der Waals surface area (Å²) in [5.41, 5.74) is 0.817. The average molecular weight is 244 g/mol. The van der Waals surface area contributed by atoms with Gasteiger partial charge in [-0.05, 0) is 12.1 Å². The number of carbonyl (C=O) groups excluding carboxylic acids is 1. The third kappa shape index (κ3) is 2.07. The van der Waals surface area contributed by atoms with Crippen LogP contribution in [0.15, 0.2) is 36.5 Å². The molecule has 5 nitrogen and oxygen atoms in total. The standard InChI is InChI=1S/C13H12N2O3/c16-13-15-7-10(18-13)8-17-11-5-1-3-9-4-2-6-14-12(9)11/h1-6,10H,7-8H2,(H,15,16). The zero-order valence-electron chi connectivity index (χ0n) is 9.63. The van der Waals surface area contributed by atoms with Crippen LogP contribution in [0.5, 0.6) is 5.75 Å². The second-order valence-electron chi connectivity index (χ2n) is 4.05. The first-order valence-electron chi connectivity index (χ1n) is 5.74. The van der Waals surface area contributed by atoms with E-state index in [2.05, 4.69) is 10.3 Å². The summed E-state index contributed by atoms with van der Waals surface area (Å²) >= 11 is 0. The summed E-state index contributed by atoms with van der Waals surface area (Å²) in [5, 5.41) is 3.61. The smallest absolute Gasteiger partial charge is 0.407 e. The predicted octanol–water partition coefficient (Wildman–Crippen LogP) is 1.72. The SMILES string of the molecule is O=C1NCC(COc2cccc3cccnc23)O1. The zero-order valence-corrected chi connectivity index (χ0v) is 9.63. The molecule has 92 valence electrons. The summed E-state index contributed by atoms with van der Waals surface area (Å²) in [5.74, 6) is 0.705. The topological polar surface area (TPSA) is 60.5 Å². The van der Waals surface area contributed by atoms with E-state index in [9.17, 15) is 4.79 Å². The maximum Gasteiger partial charge on any atom is 0.407 e. The number of nitrogens with one attached hydrogen (secondary N) is 1. The molecule has 1 atom stereocenters. The minimum absolute atomic E-state index is 0.239. The Morgan fingerprint density at radius 3 is 3.11 bits per heavy atom. The number of fused-ring (bicyclic) bond motifs is 1. The fourth-order valence-electron chi connectivity index (χ4n) is 1.90. The molecule has 1 unspecified atom stereocenters. The third-order valence-corrected chi connectivity index (χ3v) is 2.77. The summed E-state index contributed by atoms with van der Waals surface area (Å²) in [7, 11) is 0. The Balaban J connectivity index is 1.76. The van der Waals surface area contributed by atoms with Crippen LogP contribution in [-0.2, 0) is 4.74 Å². The first-order chi connectivity index (χ1) is 8.83. The number of alkyl carbamates (subject to hydrolysis) is 1. The summed E-state index contributed by atoms with van der Waals surface area (Å²) in [6.45, 7) is 0.811. The summed E-state index contributed by atoms with van der Waals surface area (Å²) in [4.78, 5) is 15.2. The normalized spacial score (nSPS) is 18.4. The number of hydrogen-bond acceptors (Lipinski definition) is 4. The van der Waals surface area contributed by atoms with Crippen molar-refractivity contribution in [2.75, 3.05) is 13.2 Å². The van der Waals surface area contributed by atoms with Crippen LogP contribution in [0.3, 0.4) is 0 Å². The second kappa shape index (κ2) is 4.52. The number of ether oxygens (including phenoxy) is 2. The lowest BCUT2D eigenvalue weighted by Gasteiger charge is -2.11. The van der Waals surface area contributed by atoms with E-state index in [1.165, 1.54) is 0 Å². The van der Waals surface area contributed by atoms with Crippen molar-refractivity contribution in [2.45, 2.75) is 6.10 Å². The molecule has 1 aliphatic heterocycles. The number of aromatic nitrogens is 1. The second-order valence-corrected chi connectivity index (χ2v) is 4.05. The van der Waals surface area contributed by atoms with Crippen LogP contribution in [0.4, 0.5) is 4.79 Å². The van der Waals surface area contributed by atoms with Crippen molar-refractivity contribution in [3.05, 3.63) is 36.5 Å². The van der Waals surface area contributed by atoms with Gasteiger partial charge in [-0.2, -0.15) is 0 Å². The fraction of sp³-hybridized carbons (Fsp3) is 0.231. The molecule has 1 aliphatic rings. The van der Waals surface area contributed by atoms with Crippen molar-refractivity contribution in [1.29, 1.82) is 0 Å². The minimum Gasteiger partial charge on any atom is -0.487 e. The number of benzene rings is 1. The lowest BCUT2D eigenvalue weighted by atomic mass is 10.2. The van der Waals surface area contributed by atoms with E-state index in [1.807, 2.05) is 30.3 Å². The van der Waals surface area contributed by atoms with Crippen LogP contribution in [0.1, 0.15) is 0 Å². The molecule has 1 N–H and O–H groups in total. The van der Waals surface area contributed by atoms with E-state index in [1.54, 1.807) is 6.20 Å². The van der Waals surface area contributed by atoms with Gasteiger partial charge in [0.2, 0.25) is 0 Å². The maximum absolute atomic E-state index is 10.9. The Kier molecular flexibility index (Phi) is 2.72. The Morgan fingerprint density at radius 1 is 1.39 bits per heavy atom. The van der Waals surface area contributed by atoms with Crippen LogP contribution in [0.25, 0.3) is 10.9 Å². The van der Waals surface area contributed by atoms with Crippen molar-refractivity contribution in [3.8, 4) is 5.75 Å². The number of carbonyl (C=O) groups is 1. The molecule has 0 spiro atoms. The van der Waals surface area contributed by atoms with Gasteiger partial charge in [-0.15, -0.1) is 0 Å². The molecule has 3 rings (SSSR count). The average Bonchev–Trinajstić information content (AvgIpc) is 2.82. The van der Waals surface area contributed by atoms with Crippen molar-refractivity contribution >= 4 is 17.0 Å². The minimum atomic E-state index is -0.389. The number of cyclic esters (lactones) is 1. The summed E-state index contributed by atoms with van der Waals surface area (Å²) < 4.78 is 10.7. The molecule has 2 heterocycles. The van der Waals surface area contributed by atoms with Crippen LogP contribution in [0.2, 0.25) is 0 Å². The highest BCUT2D eigenvalue weighted by Gasteiger charge is 2.23. The first-order valence-corrected chi connectivity index (χ1v) is 5.74. The highest BCUT2D eigenvalue weighted by Crippen LogP contribution is 2.23. The molecule has 0 bridgehead atoms. The summed E-state index contributed by atoms with van der Waals surface area (Å²) in [6, 6.07) is 9.62. The molecule has 2 aromatic rings. The van der Waals surface area contributed by atoms with E-state index in [0.717, 1.165) is 10.9 Å². The van der Waals surface area contributed by atoms with Crippen LogP contribution in [0, 0.1) is 0 Å². The van der Waals surface area contributed by atoms with Crippen LogP contribution >= 0.6 is 0 Å². The fourth-order valence-corrected chi connectivity index (χ4v) is 1.90. The van der Waals surface area contributed by atoms with Crippen LogP contribution < -0.4 is 10.1 Å². The highest BCUT2D eigenvalue weighted by atomic mass is 16.6. The molecule has 0 aliphatic carbocycles. The molecular weight excluding hydrogens is 232 g/mol. The first kappa shape index (κ1) is 10.8. The van der Waals surface area contributed by atoms with E-state index in [-0.39, 0.29) is 12.2 Å². The number of rotatable bonds is 3. The van der Waals surface area contributed by atoms with E-state index in [0.29, 0.717) is 18.9 Å². The van der Waals surface area contributed by atoms with E-state index < -0.39 is 0 Å². The summed E-state index contributed by atoms with van der Waals surface area (Å²) in [6.07, 6.45) is 1.10.